The average molecular weight is 266 g/mol. The number of carbonyl (C=O) groups excluding carboxylic acids is 1. The molecule has 0 radical (unpaired) electrons. The van der Waals surface area contributed by atoms with Crippen molar-refractivity contribution in [3.05, 3.63) is 0 Å². The molecule has 2 heterocycles. The fourth-order valence-electron chi connectivity index (χ4n) is 3.92. The number of esters is 1. The van der Waals surface area contributed by atoms with Crippen LogP contribution in [0.15, 0.2) is 0 Å². The predicted molar refractivity (Wildman–Crippen MR) is 67.5 cm³/mol. The topological polar surface area (TPSA) is 51.4 Å². The fraction of sp³-hybridized carbons (Fsp3) is 0.933. The summed E-state index contributed by atoms with van der Waals surface area (Å²) in [5.41, 5.74) is 0. The van der Waals surface area contributed by atoms with Gasteiger partial charge in [-0.3, -0.25) is 4.79 Å². The van der Waals surface area contributed by atoms with Gasteiger partial charge in [0.15, 0.2) is 0 Å². The van der Waals surface area contributed by atoms with Crippen molar-refractivity contribution in [3.8, 4) is 0 Å². The van der Waals surface area contributed by atoms with Crippen molar-refractivity contribution in [3.63, 3.8) is 0 Å². The van der Waals surface area contributed by atoms with Crippen molar-refractivity contribution in [1.29, 1.82) is 0 Å². The lowest BCUT2D eigenvalue weighted by molar-refractivity contribution is -0.151. The monoisotopic (exact) mass is 266 g/mol. The highest BCUT2D eigenvalue weighted by atomic mass is 16.6. The predicted octanol–water partition coefficient (Wildman–Crippen LogP) is 1.91. The molecular formula is C15H22O4. The molecule has 2 aliphatic heterocycles. The Labute approximate surface area is 113 Å². The van der Waals surface area contributed by atoms with E-state index >= 15 is 0 Å². The SMILES string of the molecule is CC1C(COC(=O)C2CCC3OC3C2)CCC2OC21. The number of epoxide rings is 2. The summed E-state index contributed by atoms with van der Waals surface area (Å²) in [6.07, 6.45) is 6.85. The second kappa shape index (κ2) is 4.45. The first-order chi connectivity index (χ1) is 9.22. The molecule has 2 aliphatic carbocycles. The maximum Gasteiger partial charge on any atom is 0.309 e. The van der Waals surface area contributed by atoms with Gasteiger partial charge in [0.2, 0.25) is 0 Å². The first kappa shape index (κ1) is 12.2. The van der Waals surface area contributed by atoms with E-state index in [1.165, 1.54) is 0 Å². The highest BCUT2D eigenvalue weighted by molar-refractivity contribution is 5.72. The fourth-order valence-corrected chi connectivity index (χ4v) is 3.92. The normalized spacial score (nSPS) is 50.9. The van der Waals surface area contributed by atoms with Crippen LogP contribution < -0.4 is 0 Å². The van der Waals surface area contributed by atoms with Crippen LogP contribution in [-0.4, -0.2) is 37.0 Å². The first-order valence-electron chi connectivity index (χ1n) is 7.70. The summed E-state index contributed by atoms with van der Waals surface area (Å²) in [7, 11) is 0. The Kier molecular flexibility index (Phi) is 2.85. The molecule has 4 nitrogen and oxygen atoms in total. The number of hydrogen-bond donors (Lipinski definition) is 0. The van der Waals surface area contributed by atoms with Crippen LogP contribution in [0, 0.1) is 17.8 Å². The molecule has 0 aromatic rings. The summed E-state index contributed by atoms with van der Waals surface area (Å²) >= 11 is 0. The van der Waals surface area contributed by atoms with Crippen LogP contribution in [0.25, 0.3) is 0 Å². The van der Waals surface area contributed by atoms with Gasteiger partial charge in [-0.25, -0.2) is 0 Å². The molecule has 106 valence electrons. The Morgan fingerprint density at radius 3 is 2.79 bits per heavy atom. The van der Waals surface area contributed by atoms with E-state index in [1.54, 1.807) is 0 Å². The molecule has 7 unspecified atom stereocenters. The van der Waals surface area contributed by atoms with Gasteiger partial charge in [-0.15, -0.1) is 0 Å². The van der Waals surface area contributed by atoms with Crippen molar-refractivity contribution >= 4 is 5.97 Å². The van der Waals surface area contributed by atoms with Crippen LogP contribution in [0.3, 0.4) is 0 Å². The highest BCUT2D eigenvalue weighted by Gasteiger charge is 2.50. The minimum absolute atomic E-state index is 0.0000104. The summed E-state index contributed by atoms with van der Waals surface area (Å²) < 4.78 is 16.6. The van der Waals surface area contributed by atoms with Gasteiger partial charge in [0.25, 0.3) is 0 Å². The third-order valence-electron chi connectivity index (χ3n) is 5.48. The molecule has 7 atom stereocenters. The van der Waals surface area contributed by atoms with Gasteiger partial charge in [-0.05, 0) is 43.9 Å². The Morgan fingerprint density at radius 2 is 1.95 bits per heavy atom. The zero-order chi connectivity index (χ0) is 13.0. The van der Waals surface area contributed by atoms with Crippen molar-refractivity contribution in [2.75, 3.05) is 6.61 Å². The van der Waals surface area contributed by atoms with Crippen molar-refractivity contribution < 1.29 is 19.0 Å². The zero-order valence-corrected chi connectivity index (χ0v) is 11.4. The molecule has 0 aromatic heterocycles. The number of ether oxygens (including phenoxy) is 3. The van der Waals surface area contributed by atoms with E-state index in [4.69, 9.17) is 14.2 Å². The standard InChI is InChI=1S/C15H22O4/c1-8-10(3-5-12-14(8)19-12)7-17-15(16)9-2-4-11-13(6-9)18-11/h8-14H,2-7H2,1H3. The number of rotatable bonds is 3. The quantitative estimate of drug-likeness (QED) is 0.578. The van der Waals surface area contributed by atoms with Gasteiger partial charge in [0.05, 0.1) is 36.9 Å². The van der Waals surface area contributed by atoms with Crippen LogP contribution in [0.5, 0.6) is 0 Å². The molecule has 0 N–H and O–H groups in total. The summed E-state index contributed by atoms with van der Waals surface area (Å²) in [5, 5.41) is 0. The van der Waals surface area contributed by atoms with Gasteiger partial charge in [-0.2, -0.15) is 0 Å². The van der Waals surface area contributed by atoms with Gasteiger partial charge in [0, 0.05) is 0 Å². The van der Waals surface area contributed by atoms with Crippen molar-refractivity contribution in [1.82, 2.24) is 0 Å². The molecule has 0 amide bonds. The molecule has 4 heteroatoms. The van der Waals surface area contributed by atoms with Crippen molar-refractivity contribution in [2.24, 2.45) is 17.8 Å². The third-order valence-corrected chi connectivity index (χ3v) is 5.48. The Bertz CT molecular complexity index is 382. The van der Waals surface area contributed by atoms with Crippen LogP contribution in [0.2, 0.25) is 0 Å². The van der Waals surface area contributed by atoms with Crippen LogP contribution in [0.4, 0.5) is 0 Å². The van der Waals surface area contributed by atoms with Crippen LogP contribution >= 0.6 is 0 Å². The number of carbonyl (C=O) groups is 1. The van der Waals surface area contributed by atoms with E-state index in [-0.39, 0.29) is 11.9 Å². The maximum atomic E-state index is 12.1. The summed E-state index contributed by atoms with van der Waals surface area (Å²) in [4.78, 5) is 12.1. The highest BCUT2D eigenvalue weighted by Crippen LogP contribution is 2.44. The molecule has 4 aliphatic rings. The lowest BCUT2D eigenvalue weighted by Gasteiger charge is -2.26. The second-order valence-electron chi connectivity index (χ2n) is 6.69. The molecule has 19 heavy (non-hydrogen) atoms. The summed E-state index contributed by atoms with van der Waals surface area (Å²) in [6, 6.07) is 0. The molecule has 4 rings (SSSR count). The van der Waals surface area contributed by atoms with E-state index in [1.807, 2.05) is 0 Å². The first-order valence-corrected chi connectivity index (χ1v) is 7.70. The van der Waals surface area contributed by atoms with Crippen LogP contribution in [0.1, 0.15) is 39.0 Å². The molecule has 2 saturated carbocycles. The minimum Gasteiger partial charge on any atom is -0.465 e. The van der Waals surface area contributed by atoms with Gasteiger partial charge < -0.3 is 14.2 Å². The van der Waals surface area contributed by atoms with E-state index in [0.717, 1.165) is 32.1 Å². The minimum atomic E-state index is -0.0000104. The Hall–Kier alpha value is -0.610. The molecule has 2 saturated heterocycles. The number of hydrogen-bond acceptors (Lipinski definition) is 4. The third kappa shape index (κ3) is 2.29. The second-order valence-corrected chi connectivity index (χ2v) is 6.69. The Balaban J connectivity index is 1.26. The van der Waals surface area contributed by atoms with E-state index in [2.05, 4.69) is 6.92 Å². The molecule has 4 fully saturated rings. The van der Waals surface area contributed by atoms with E-state index < -0.39 is 0 Å². The molecule has 0 aromatic carbocycles. The Morgan fingerprint density at radius 1 is 1.11 bits per heavy atom. The van der Waals surface area contributed by atoms with E-state index in [0.29, 0.717) is 42.9 Å². The van der Waals surface area contributed by atoms with Crippen molar-refractivity contribution in [2.45, 2.75) is 63.4 Å². The molecular weight excluding hydrogens is 244 g/mol. The maximum absolute atomic E-state index is 12.1. The summed E-state index contributed by atoms with van der Waals surface area (Å²) in [5.74, 6) is 1.10. The smallest absolute Gasteiger partial charge is 0.309 e. The molecule has 0 bridgehead atoms. The zero-order valence-electron chi connectivity index (χ0n) is 11.4. The lowest BCUT2D eigenvalue weighted by Crippen LogP contribution is -2.31. The lowest BCUT2D eigenvalue weighted by atomic mass is 9.81. The number of fused-ring (bicyclic) bond motifs is 2. The van der Waals surface area contributed by atoms with Gasteiger partial charge >= 0.3 is 5.97 Å². The van der Waals surface area contributed by atoms with E-state index in [9.17, 15) is 4.79 Å². The van der Waals surface area contributed by atoms with Gasteiger partial charge in [-0.1, -0.05) is 6.92 Å². The summed E-state index contributed by atoms with van der Waals surface area (Å²) in [6.45, 7) is 2.81. The van der Waals surface area contributed by atoms with Gasteiger partial charge in [0.1, 0.15) is 0 Å². The molecule has 0 spiro atoms. The largest absolute Gasteiger partial charge is 0.465 e. The average Bonchev–Trinajstić information content (AvgIpc) is 3.29. The van der Waals surface area contributed by atoms with Crippen LogP contribution in [-0.2, 0) is 19.0 Å².